The number of hydrogen-bond acceptors (Lipinski definition) is 6. The second kappa shape index (κ2) is 10.6. The van der Waals surface area contributed by atoms with E-state index in [1.165, 1.54) is 28.8 Å². The number of benzene rings is 1. The SMILES string of the molecule is CC.COc1c(C#N)ccc(OCC(F)(F)F)c1C(=O)N1Cc2cn(-c3ncc(F)cc3C)nc2C1. The van der Waals surface area contributed by atoms with Gasteiger partial charge in [0, 0.05) is 18.3 Å². The molecule has 0 atom stereocenters. The number of pyridine rings is 1. The zero-order chi connectivity index (χ0) is 26.6. The van der Waals surface area contributed by atoms with Crippen molar-refractivity contribution in [3.63, 3.8) is 0 Å². The van der Waals surface area contributed by atoms with Crippen molar-refractivity contribution in [1.82, 2.24) is 19.7 Å². The third-order valence-electron chi connectivity index (χ3n) is 5.15. The van der Waals surface area contributed by atoms with Gasteiger partial charge in [0.25, 0.3) is 5.91 Å². The molecule has 0 saturated carbocycles. The maximum Gasteiger partial charge on any atom is 0.422 e. The van der Waals surface area contributed by atoms with Crippen molar-refractivity contribution in [3.8, 4) is 23.4 Å². The van der Waals surface area contributed by atoms with Crippen LogP contribution in [0.25, 0.3) is 5.82 Å². The zero-order valence-electron chi connectivity index (χ0n) is 20.0. The molecule has 2 aromatic heterocycles. The lowest BCUT2D eigenvalue weighted by molar-refractivity contribution is -0.153. The average molecular weight is 505 g/mol. The second-order valence-corrected chi connectivity index (χ2v) is 7.54. The van der Waals surface area contributed by atoms with Gasteiger partial charge in [-0.2, -0.15) is 23.5 Å². The molecule has 1 aromatic carbocycles. The Morgan fingerprint density at radius 3 is 2.56 bits per heavy atom. The summed E-state index contributed by atoms with van der Waals surface area (Å²) in [6.45, 7) is 4.23. The number of aromatic nitrogens is 3. The highest BCUT2D eigenvalue weighted by molar-refractivity contribution is 6.00. The lowest BCUT2D eigenvalue weighted by Gasteiger charge is -2.21. The Hall–Kier alpha value is -4.14. The summed E-state index contributed by atoms with van der Waals surface area (Å²) in [5.74, 6) is -1.24. The summed E-state index contributed by atoms with van der Waals surface area (Å²) in [6.07, 6.45) is -1.90. The molecule has 8 nitrogen and oxygen atoms in total. The van der Waals surface area contributed by atoms with Crippen LogP contribution in [-0.4, -0.2) is 45.5 Å². The topological polar surface area (TPSA) is 93.3 Å². The molecule has 12 heteroatoms. The van der Waals surface area contributed by atoms with Crippen molar-refractivity contribution in [2.45, 2.75) is 40.0 Å². The summed E-state index contributed by atoms with van der Waals surface area (Å²) >= 11 is 0. The van der Waals surface area contributed by atoms with Gasteiger partial charge in [-0.3, -0.25) is 4.79 Å². The highest BCUT2D eigenvalue weighted by Crippen LogP contribution is 2.36. The summed E-state index contributed by atoms with van der Waals surface area (Å²) in [7, 11) is 1.21. The standard InChI is InChI=1S/C22H17F4N5O3.C2H6/c1-12-5-15(23)7-28-20(12)31-9-14-8-30(10-16(14)29-31)21(32)18-17(34-11-22(24,25)26)4-3-13(6-27)19(18)33-2;1-2/h3-5,7,9H,8,10-11H2,1-2H3;1-2H3. The Morgan fingerprint density at radius 1 is 1.25 bits per heavy atom. The van der Waals surface area contributed by atoms with Crippen molar-refractivity contribution < 1.29 is 31.8 Å². The van der Waals surface area contributed by atoms with E-state index in [0.29, 0.717) is 22.6 Å². The van der Waals surface area contributed by atoms with E-state index in [1.54, 1.807) is 13.1 Å². The molecule has 0 fully saturated rings. The van der Waals surface area contributed by atoms with E-state index < -0.39 is 24.5 Å². The molecule has 0 unspecified atom stereocenters. The number of nitrogens with zero attached hydrogens (tertiary/aromatic N) is 5. The van der Waals surface area contributed by atoms with Crippen LogP contribution in [0.3, 0.4) is 0 Å². The van der Waals surface area contributed by atoms with Gasteiger partial charge >= 0.3 is 6.18 Å². The first-order valence-corrected chi connectivity index (χ1v) is 10.9. The van der Waals surface area contributed by atoms with Crippen LogP contribution in [0, 0.1) is 24.1 Å². The highest BCUT2D eigenvalue weighted by Gasteiger charge is 2.34. The van der Waals surface area contributed by atoms with Crippen molar-refractivity contribution >= 4 is 5.91 Å². The summed E-state index contributed by atoms with van der Waals surface area (Å²) in [5.41, 5.74) is 1.50. The monoisotopic (exact) mass is 505 g/mol. The molecule has 3 heterocycles. The number of ether oxygens (including phenoxy) is 2. The maximum absolute atomic E-state index is 13.4. The number of carbonyl (C=O) groups excluding carboxylic acids is 1. The molecular weight excluding hydrogens is 482 g/mol. The molecule has 0 N–H and O–H groups in total. The van der Waals surface area contributed by atoms with Crippen molar-refractivity contribution in [2.24, 2.45) is 0 Å². The largest absolute Gasteiger partial charge is 0.494 e. The Bertz CT molecular complexity index is 1290. The predicted octanol–water partition coefficient (Wildman–Crippen LogP) is 4.72. The van der Waals surface area contributed by atoms with Crippen molar-refractivity contribution in [2.75, 3.05) is 13.7 Å². The first-order chi connectivity index (χ1) is 17.1. The third kappa shape index (κ3) is 5.40. The Labute approximate surface area is 204 Å². The van der Waals surface area contributed by atoms with Gasteiger partial charge in [-0.1, -0.05) is 13.8 Å². The minimum absolute atomic E-state index is 0.0230. The van der Waals surface area contributed by atoms with Gasteiger partial charge in [-0.25, -0.2) is 14.1 Å². The van der Waals surface area contributed by atoms with E-state index in [0.717, 1.165) is 12.3 Å². The summed E-state index contributed by atoms with van der Waals surface area (Å²) in [5, 5.41) is 13.8. The van der Waals surface area contributed by atoms with Crippen molar-refractivity contribution in [3.05, 3.63) is 64.4 Å². The number of nitriles is 1. The van der Waals surface area contributed by atoms with Gasteiger partial charge < -0.3 is 14.4 Å². The predicted molar refractivity (Wildman–Crippen MR) is 120 cm³/mol. The first kappa shape index (κ1) is 26.5. The lowest BCUT2D eigenvalue weighted by Crippen LogP contribution is -2.28. The molecule has 0 bridgehead atoms. The molecular formula is C24H23F4N5O3. The normalized spacial score (nSPS) is 12.4. The smallest absolute Gasteiger partial charge is 0.422 e. The molecule has 36 heavy (non-hydrogen) atoms. The molecule has 1 amide bonds. The van der Waals surface area contributed by atoms with Gasteiger partial charge in [0.05, 0.1) is 31.1 Å². The fraction of sp³-hybridized carbons (Fsp3) is 0.333. The first-order valence-electron chi connectivity index (χ1n) is 10.9. The van der Waals surface area contributed by atoms with Crippen LogP contribution in [0.4, 0.5) is 17.6 Å². The molecule has 4 rings (SSSR count). The quantitative estimate of drug-likeness (QED) is 0.466. The lowest BCUT2D eigenvalue weighted by atomic mass is 10.1. The van der Waals surface area contributed by atoms with E-state index >= 15 is 0 Å². The molecule has 0 saturated heterocycles. The number of carbonyl (C=O) groups is 1. The Balaban J connectivity index is 0.00000176. The number of rotatable bonds is 5. The molecule has 0 spiro atoms. The fourth-order valence-electron chi connectivity index (χ4n) is 3.68. The average Bonchev–Trinajstić information content (AvgIpc) is 3.42. The van der Waals surface area contributed by atoms with Gasteiger partial charge in [-0.05, 0) is 30.7 Å². The van der Waals surface area contributed by atoms with Gasteiger partial charge in [0.2, 0.25) is 0 Å². The van der Waals surface area contributed by atoms with E-state index in [-0.39, 0.29) is 35.7 Å². The maximum atomic E-state index is 13.4. The van der Waals surface area contributed by atoms with E-state index in [9.17, 15) is 27.6 Å². The van der Waals surface area contributed by atoms with Gasteiger partial charge in [0.1, 0.15) is 23.2 Å². The van der Waals surface area contributed by atoms with Crippen LogP contribution in [0.1, 0.15) is 46.6 Å². The minimum Gasteiger partial charge on any atom is -0.494 e. The van der Waals surface area contributed by atoms with Gasteiger partial charge in [0.15, 0.2) is 18.2 Å². The summed E-state index contributed by atoms with van der Waals surface area (Å²) in [6, 6.07) is 5.54. The second-order valence-electron chi connectivity index (χ2n) is 7.54. The fourth-order valence-corrected chi connectivity index (χ4v) is 3.68. The van der Waals surface area contributed by atoms with Crippen LogP contribution < -0.4 is 9.47 Å². The van der Waals surface area contributed by atoms with Crippen LogP contribution in [-0.2, 0) is 13.1 Å². The number of amides is 1. The molecule has 3 aromatic rings. The number of hydrogen-bond donors (Lipinski definition) is 0. The molecule has 1 aliphatic rings. The van der Waals surface area contributed by atoms with E-state index in [4.69, 9.17) is 9.47 Å². The van der Waals surface area contributed by atoms with Crippen LogP contribution in [0.5, 0.6) is 11.5 Å². The number of alkyl halides is 3. The molecule has 1 aliphatic heterocycles. The molecule has 190 valence electrons. The molecule has 0 radical (unpaired) electrons. The van der Waals surface area contributed by atoms with Crippen LogP contribution in [0.2, 0.25) is 0 Å². The zero-order valence-corrected chi connectivity index (χ0v) is 20.0. The Kier molecular flexibility index (Phi) is 7.82. The summed E-state index contributed by atoms with van der Waals surface area (Å²) < 4.78 is 63.1. The van der Waals surface area contributed by atoms with E-state index in [2.05, 4.69) is 10.1 Å². The number of fused-ring (bicyclic) bond motifs is 1. The van der Waals surface area contributed by atoms with Crippen LogP contribution in [0.15, 0.2) is 30.6 Å². The number of methoxy groups -OCH3 is 1. The van der Waals surface area contributed by atoms with Gasteiger partial charge in [-0.15, -0.1) is 0 Å². The summed E-state index contributed by atoms with van der Waals surface area (Å²) in [4.78, 5) is 18.7. The van der Waals surface area contributed by atoms with E-state index in [1.807, 2.05) is 19.9 Å². The molecule has 0 aliphatic carbocycles. The number of halogens is 4. The number of aryl methyl sites for hydroxylation is 1. The highest BCUT2D eigenvalue weighted by atomic mass is 19.4. The Morgan fingerprint density at radius 2 is 1.97 bits per heavy atom. The van der Waals surface area contributed by atoms with Crippen molar-refractivity contribution in [1.29, 1.82) is 5.26 Å². The van der Waals surface area contributed by atoms with Crippen LogP contribution >= 0.6 is 0 Å². The third-order valence-corrected chi connectivity index (χ3v) is 5.15. The minimum atomic E-state index is -4.62.